The monoisotopic (exact) mass is 590 g/mol. The number of aromatic hydroxyl groups is 1. The van der Waals surface area contributed by atoms with E-state index in [9.17, 15) is 30.0 Å². The first-order valence-electron chi connectivity index (χ1n) is 16.0. The third-order valence-electron chi connectivity index (χ3n) is 10.7. The molecule has 4 N–H and O–H groups in total. The number of carboxylic acids is 1. The molecular formula is C34H54O8. The van der Waals surface area contributed by atoms with Gasteiger partial charge in [0.05, 0.1) is 35.6 Å². The van der Waals surface area contributed by atoms with Crippen molar-refractivity contribution in [1.29, 1.82) is 0 Å². The number of carboxylic acid groups (broad SMARTS) is 1. The Labute approximate surface area is 251 Å². The molecular weight excluding hydrogens is 536 g/mol. The zero-order chi connectivity index (χ0) is 31.6. The Bertz CT molecular complexity index is 1100. The molecule has 238 valence electrons. The fraction of sp³-hybridized carbons (Fsp3) is 0.765. The normalized spacial score (nSPS) is 32.7. The first kappa shape index (κ1) is 34.5. The summed E-state index contributed by atoms with van der Waals surface area (Å²) in [5, 5.41) is 42.1. The number of ketones is 1. The number of Topliss-reactive ketones (excluding diaryl/α,β-unsaturated/α-hetero) is 1. The van der Waals surface area contributed by atoms with Crippen molar-refractivity contribution in [2.24, 2.45) is 23.7 Å². The van der Waals surface area contributed by atoms with Crippen LogP contribution >= 0.6 is 0 Å². The molecule has 0 saturated carbocycles. The first-order valence-corrected chi connectivity index (χ1v) is 16.0. The van der Waals surface area contributed by atoms with E-state index >= 15 is 0 Å². The lowest BCUT2D eigenvalue weighted by atomic mass is 9.76. The number of hydrogen-bond donors (Lipinski definition) is 4. The molecule has 0 spiro atoms. The van der Waals surface area contributed by atoms with Crippen molar-refractivity contribution in [2.75, 3.05) is 0 Å². The average molecular weight is 591 g/mol. The van der Waals surface area contributed by atoms with Crippen molar-refractivity contribution in [1.82, 2.24) is 0 Å². The number of phenols is 1. The second-order valence-electron chi connectivity index (χ2n) is 13.2. The first-order chi connectivity index (χ1) is 19.7. The van der Waals surface area contributed by atoms with Crippen LogP contribution in [0.15, 0.2) is 12.1 Å². The van der Waals surface area contributed by atoms with Gasteiger partial charge in [-0.1, -0.05) is 53.7 Å². The Morgan fingerprint density at radius 1 is 1.12 bits per heavy atom. The lowest BCUT2D eigenvalue weighted by molar-refractivity contribution is -0.229. The van der Waals surface area contributed by atoms with Crippen molar-refractivity contribution >= 4 is 11.8 Å². The fourth-order valence-electron chi connectivity index (χ4n) is 7.45. The minimum Gasteiger partial charge on any atom is -0.507 e. The minimum atomic E-state index is -1.18. The summed E-state index contributed by atoms with van der Waals surface area (Å²) in [5.41, 5.74) is -0.437. The van der Waals surface area contributed by atoms with Crippen LogP contribution in [0, 0.1) is 30.6 Å². The molecule has 0 aromatic heterocycles. The highest BCUT2D eigenvalue weighted by Crippen LogP contribution is 2.48. The van der Waals surface area contributed by atoms with Gasteiger partial charge in [-0.2, -0.15) is 0 Å². The van der Waals surface area contributed by atoms with Gasteiger partial charge >= 0.3 is 5.97 Å². The number of hydrogen-bond acceptors (Lipinski definition) is 7. The number of benzene rings is 1. The molecule has 0 amide bonds. The largest absolute Gasteiger partial charge is 0.507 e. The molecule has 2 aliphatic rings. The Hall–Kier alpha value is -2.00. The minimum absolute atomic E-state index is 0.0157. The fourth-order valence-corrected chi connectivity index (χ4v) is 7.45. The summed E-state index contributed by atoms with van der Waals surface area (Å²) in [6.45, 7) is 15.4. The van der Waals surface area contributed by atoms with Crippen LogP contribution < -0.4 is 0 Å². The van der Waals surface area contributed by atoms with Gasteiger partial charge in [-0.25, -0.2) is 4.79 Å². The molecule has 3 rings (SSSR count). The van der Waals surface area contributed by atoms with Crippen molar-refractivity contribution < 1.29 is 39.5 Å². The van der Waals surface area contributed by atoms with Crippen LogP contribution in [0.2, 0.25) is 0 Å². The lowest BCUT2D eigenvalue weighted by Crippen LogP contribution is -2.55. The average Bonchev–Trinajstić information content (AvgIpc) is 3.31. The number of carbonyl (C=O) groups excluding carboxylic acids is 1. The molecule has 0 bridgehead atoms. The summed E-state index contributed by atoms with van der Waals surface area (Å²) < 4.78 is 13.2. The number of aliphatic hydroxyl groups is 2. The van der Waals surface area contributed by atoms with E-state index in [1.165, 1.54) is 0 Å². The predicted molar refractivity (Wildman–Crippen MR) is 162 cm³/mol. The zero-order valence-corrected chi connectivity index (χ0v) is 26.9. The molecule has 0 radical (unpaired) electrons. The number of aliphatic hydroxyl groups excluding tert-OH is 1. The highest BCUT2D eigenvalue weighted by molar-refractivity contribution is 5.93. The number of aryl methyl sites for hydroxylation is 2. The van der Waals surface area contributed by atoms with Crippen LogP contribution in [0.25, 0.3) is 0 Å². The molecule has 1 aromatic rings. The Morgan fingerprint density at radius 2 is 1.79 bits per heavy atom. The Morgan fingerprint density at radius 3 is 2.33 bits per heavy atom. The highest BCUT2D eigenvalue weighted by atomic mass is 16.6. The van der Waals surface area contributed by atoms with E-state index < -0.39 is 29.2 Å². The summed E-state index contributed by atoms with van der Waals surface area (Å²) in [5.74, 6) is -2.55. The van der Waals surface area contributed by atoms with Gasteiger partial charge in [-0.3, -0.25) is 4.79 Å². The third kappa shape index (κ3) is 6.72. The van der Waals surface area contributed by atoms with Gasteiger partial charge in [0.1, 0.15) is 17.1 Å². The Kier molecular flexibility index (Phi) is 11.3. The standard InChI is InChI=1S/C34H54O8/c1-9-25(31-21(6)18-34(11-3,42-31)26-16-17-33(40,10-2)23(8)41-26)30(37)22(7)28(35)19(4)12-14-24-15-13-20(5)29(36)27(24)32(38)39/h13,15,19,21-23,25-26,28,31,35-36,40H,9-12,14,16-18H2,1-8H3,(H,38,39)/t19-,21+,22+,23+,25+,26-,28+,31+,33-,34?/m1/s1. The summed E-state index contributed by atoms with van der Waals surface area (Å²) in [4.78, 5) is 25.7. The molecule has 2 fully saturated rings. The maximum atomic E-state index is 13.9. The van der Waals surface area contributed by atoms with E-state index in [1.807, 2.05) is 27.7 Å². The van der Waals surface area contributed by atoms with Gasteiger partial charge in [0.15, 0.2) is 0 Å². The van der Waals surface area contributed by atoms with E-state index in [0.717, 1.165) is 12.8 Å². The van der Waals surface area contributed by atoms with Crippen LogP contribution in [0.5, 0.6) is 5.75 Å². The molecule has 8 heteroatoms. The quantitative estimate of drug-likeness (QED) is 0.225. The molecule has 2 heterocycles. The van der Waals surface area contributed by atoms with Crippen LogP contribution in [-0.2, 0) is 20.7 Å². The van der Waals surface area contributed by atoms with E-state index in [-0.39, 0.29) is 53.2 Å². The van der Waals surface area contributed by atoms with Crippen molar-refractivity contribution in [3.8, 4) is 5.75 Å². The predicted octanol–water partition coefficient (Wildman–Crippen LogP) is 5.84. The van der Waals surface area contributed by atoms with E-state index in [4.69, 9.17) is 9.47 Å². The number of aromatic carboxylic acids is 1. The SMILES string of the molecule is CC[C@@H](C(=O)[C@@H](C)[C@@H](O)[C@H](C)CCc1ccc(C)c(O)c1C(=O)O)[C@H]1OC(CC)([C@H]2CC[C@](O)(CC)[C@H](C)O2)C[C@@H]1C. The summed E-state index contributed by atoms with van der Waals surface area (Å²) in [6.07, 6.45) is 3.34. The van der Waals surface area contributed by atoms with Crippen LogP contribution in [0.1, 0.15) is 115 Å². The van der Waals surface area contributed by atoms with E-state index in [1.54, 1.807) is 26.0 Å². The highest BCUT2D eigenvalue weighted by Gasteiger charge is 2.55. The number of carbonyl (C=O) groups is 2. The topological polar surface area (TPSA) is 134 Å². The van der Waals surface area contributed by atoms with Gasteiger partial charge < -0.3 is 29.9 Å². The van der Waals surface area contributed by atoms with Crippen LogP contribution in [0.4, 0.5) is 0 Å². The van der Waals surface area contributed by atoms with Crippen LogP contribution in [-0.4, -0.2) is 67.8 Å². The van der Waals surface area contributed by atoms with Gasteiger partial charge in [-0.05, 0) is 88.2 Å². The summed E-state index contributed by atoms with van der Waals surface area (Å²) in [7, 11) is 0. The van der Waals surface area contributed by atoms with Crippen molar-refractivity contribution in [2.45, 2.75) is 142 Å². The summed E-state index contributed by atoms with van der Waals surface area (Å²) in [6, 6.07) is 3.40. The smallest absolute Gasteiger partial charge is 0.339 e. The molecule has 1 aromatic carbocycles. The van der Waals surface area contributed by atoms with Crippen LogP contribution in [0.3, 0.4) is 0 Å². The molecule has 0 aliphatic carbocycles. The zero-order valence-electron chi connectivity index (χ0n) is 26.9. The summed E-state index contributed by atoms with van der Waals surface area (Å²) >= 11 is 0. The van der Waals surface area contributed by atoms with Gasteiger partial charge in [0, 0.05) is 11.8 Å². The van der Waals surface area contributed by atoms with Crippen molar-refractivity contribution in [3.63, 3.8) is 0 Å². The molecule has 10 atom stereocenters. The van der Waals surface area contributed by atoms with E-state index in [2.05, 4.69) is 13.8 Å². The molecule has 42 heavy (non-hydrogen) atoms. The molecule has 1 unspecified atom stereocenters. The second-order valence-corrected chi connectivity index (χ2v) is 13.2. The lowest BCUT2D eigenvalue weighted by Gasteiger charge is -2.47. The molecule has 2 aliphatic heterocycles. The molecule has 2 saturated heterocycles. The van der Waals surface area contributed by atoms with Crippen molar-refractivity contribution in [3.05, 3.63) is 28.8 Å². The Balaban J connectivity index is 1.69. The number of ether oxygens (including phenoxy) is 2. The van der Waals surface area contributed by atoms with Gasteiger partial charge in [0.25, 0.3) is 0 Å². The maximum Gasteiger partial charge on any atom is 0.339 e. The number of rotatable bonds is 13. The van der Waals surface area contributed by atoms with Gasteiger partial charge in [-0.15, -0.1) is 0 Å². The maximum absolute atomic E-state index is 13.9. The van der Waals surface area contributed by atoms with Gasteiger partial charge in [0.2, 0.25) is 0 Å². The second kappa shape index (κ2) is 13.7. The van der Waals surface area contributed by atoms with E-state index in [0.29, 0.717) is 49.7 Å². The third-order valence-corrected chi connectivity index (χ3v) is 10.7. The molecule has 8 nitrogen and oxygen atoms in total.